The van der Waals surface area contributed by atoms with Gasteiger partial charge in [-0.2, -0.15) is 0 Å². The number of rotatable bonds is 7. The summed E-state index contributed by atoms with van der Waals surface area (Å²) in [5.74, 6) is -1.95. The highest BCUT2D eigenvalue weighted by Gasteiger charge is 2.36. The van der Waals surface area contributed by atoms with E-state index in [1.165, 1.54) is 12.0 Å². The molecule has 0 bridgehead atoms. The van der Waals surface area contributed by atoms with Crippen LogP contribution in [0.4, 0.5) is 14.5 Å². The number of carbonyl (C=O) groups is 1. The summed E-state index contributed by atoms with van der Waals surface area (Å²) in [5, 5.41) is 0. The first-order chi connectivity index (χ1) is 13.0. The molecule has 6 nitrogen and oxygen atoms in total. The van der Waals surface area contributed by atoms with E-state index >= 15 is 0 Å². The molecule has 3 rings (SSSR count). The lowest BCUT2D eigenvalue weighted by Gasteiger charge is -2.20. The molecule has 1 fully saturated rings. The Morgan fingerprint density at radius 3 is 2.63 bits per heavy atom. The molecule has 27 heavy (non-hydrogen) atoms. The predicted molar refractivity (Wildman–Crippen MR) is 94.2 cm³/mol. The minimum atomic E-state index is -0.728. The topological polar surface area (TPSA) is 60.9 Å². The van der Waals surface area contributed by atoms with Gasteiger partial charge in [0.25, 0.3) is 0 Å². The van der Waals surface area contributed by atoms with Gasteiger partial charge in [-0.1, -0.05) is 0 Å². The van der Waals surface area contributed by atoms with Crippen molar-refractivity contribution in [2.45, 2.75) is 12.3 Å². The molecule has 0 saturated carbocycles. The van der Waals surface area contributed by atoms with Crippen molar-refractivity contribution in [2.75, 3.05) is 38.9 Å². The summed E-state index contributed by atoms with van der Waals surface area (Å²) in [6, 6.07) is 5.60. The lowest BCUT2D eigenvalue weighted by atomic mass is 9.97. The summed E-state index contributed by atoms with van der Waals surface area (Å²) in [4.78, 5) is 18.1. The number of ether oxygens (including phenoxy) is 3. The van der Waals surface area contributed by atoms with Crippen molar-refractivity contribution in [3.8, 4) is 11.6 Å². The molecule has 0 N–H and O–H groups in total. The maximum Gasteiger partial charge on any atom is 0.238 e. The summed E-state index contributed by atoms with van der Waals surface area (Å²) < 4.78 is 44.2. The van der Waals surface area contributed by atoms with Gasteiger partial charge in [0.15, 0.2) is 0 Å². The molecule has 8 heteroatoms. The second-order valence-corrected chi connectivity index (χ2v) is 6.08. The zero-order chi connectivity index (χ0) is 19.4. The van der Waals surface area contributed by atoms with E-state index in [4.69, 9.17) is 14.2 Å². The van der Waals surface area contributed by atoms with E-state index in [-0.39, 0.29) is 42.7 Å². The van der Waals surface area contributed by atoms with Crippen LogP contribution in [0.5, 0.6) is 11.6 Å². The Balaban J connectivity index is 1.85. The molecule has 1 saturated heterocycles. The minimum Gasteiger partial charge on any atom is -0.497 e. The van der Waals surface area contributed by atoms with Crippen molar-refractivity contribution in [3.05, 3.63) is 47.7 Å². The monoisotopic (exact) mass is 378 g/mol. The molecule has 1 aromatic carbocycles. The average molecular weight is 378 g/mol. The second kappa shape index (κ2) is 8.30. The molecule has 144 valence electrons. The molecule has 0 spiro atoms. The molecule has 0 aliphatic carbocycles. The third-order valence-electron chi connectivity index (χ3n) is 4.39. The van der Waals surface area contributed by atoms with Crippen molar-refractivity contribution in [1.82, 2.24) is 4.98 Å². The fourth-order valence-electron chi connectivity index (χ4n) is 3.12. The highest BCUT2D eigenvalue weighted by Crippen LogP contribution is 2.38. The molecule has 2 aromatic rings. The normalized spacial score (nSPS) is 16.7. The summed E-state index contributed by atoms with van der Waals surface area (Å²) in [6.45, 7) is 0.772. The first-order valence-electron chi connectivity index (χ1n) is 8.45. The Hall–Kier alpha value is -2.74. The van der Waals surface area contributed by atoms with Gasteiger partial charge in [-0.05, 0) is 12.1 Å². The molecule has 2 heterocycles. The van der Waals surface area contributed by atoms with Gasteiger partial charge in [0.05, 0.1) is 13.7 Å². The molecule has 1 amide bonds. The van der Waals surface area contributed by atoms with Gasteiger partial charge in [-0.25, -0.2) is 13.8 Å². The van der Waals surface area contributed by atoms with Gasteiger partial charge < -0.3 is 19.1 Å². The number of halogens is 2. The van der Waals surface area contributed by atoms with Crippen LogP contribution >= 0.6 is 0 Å². The van der Waals surface area contributed by atoms with Crippen molar-refractivity contribution < 1.29 is 27.8 Å². The minimum absolute atomic E-state index is 0.00737. The maximum atomic E-state index is 14.4. The highest BCUT2D eigenvalue weighted by atomic mass is 19.1. The molecular formula is C19H20F2N2O4. The van der Waals surface area contributed by atoms with Gasteiger partial charge in [0.2, 0.25) is 11.8 Å². The average Bonchev–Trinajstić information content (AvgIpc) is 3.02. The number of aromatic nitrogens is 1. The van der Waals surface area contributed by atoms with Gasteiger partial charge in [-0.3, -0.25) is 4.79 Å². The number of pyridine rings is 1. The van der Waals surface area contributed by atoms with Crippen LogP contribution in [0.1, 0.15) is 17.9 Å². The highest BCUT2D eigenvalue weighted by molar-refractivity contribution is 5.97. The molecule has 1 aliphatic heterocycles. The quantitative estimate of drug-likeness (QED) is 0.694. The molecule has 1 unspecified atom stereocenters. The summed E-state index contributed by atoms with van der Waals surface area (Å²) in [7, 11) is 2.89. The van der Waals surface area contributed by atoms with Gasteiger partial charge >= 0.3 is 0 Å². The second-order valence-electron chi connectivity index (χ2n) is 6.08. The summed E-state index contributed by atoms with van der Waals surface area (Å²) in [6.07, 6.45) is 1.54. The van der Waals surface area contributed by atoms with Crippen molar-refractivity contribution in [1.29, 1.82) is 0 Å². The van der Waals surface area contributed by atoms with Crippen LogP contribution in [0, 0.1) is 11.6 Å². The van der Waals surface area contributed by atoms with Crippen LogP contribution in [0.15, 0.2) is 30.5 Å². The predicted octanol–water partition coefficient (Wildman–Crippen LogP) is 2.91. The van der Waals surface area contributed by atoms with Crippen LogP contribution in [0.3, 0.4) is 0 Å². The first-order valence-corrected chi connectivity index (χ1v) is 8.45. The van der Waals surface area contributed by atoms with Crippen LogP contribution in [0.2, 0.25) is 0 Å². The Bertz CT molecular complexity index is 808. The van der Waals surface area contributed by atoms with Gasteiger partial charge in [0, 0.05) is 49.9 Å². The Kier molecular flexibility index (Phi) is 5.85. The number of hydrogen-bond acceptors (Lipinski definition) is 5. The van der Waals surface area contributed by atoms with Crippen LogP contribution < -0.4 is 14.4 Å². The van der Waals surface area contributed by atoms with E-state index in [2.05, 4.69) is 4.98 Å². The zero-order valence-corrected chi connectivity index (χ0v) is 15.1. The lowest BCUT2D eigenvalue weighted by molar-refractivity contribution is -0.117. The van der Waals surface area contributed by atoms with E-state index < -0.39 is 17.6 Å². The number of carbonyl (C=O) groups excluding carboxylic acids is 1. The molecular weight excluding hydrogens is 358 g/mol. The van der Waals surface area contributed by atoms with E-state index in [9.17, 15) is 13.6 Å². The Morgan fingerprint density at radius 2 is 1.96 bits per heavy atom. The maximum absolute atomic E-state index is 14.4. The smallest absolute Gasteiger partial charge is 0.238 e. The summed E-state index contributed by atoms with van der Waals surface area (Å²) in [5.41, 5.74) is 0.354. The van der Waals surface area contributed by atoms with Crippen LogP contribution in [-0.2, 0) is 9.53 Å². The van der Waals surface area contributed by atoms with Gasteiger partial charge in [-0.15, -0.1) is 0 Å². The third-order valence-corrected chi connectivity index (χ3v) is 4.39. The molecule has 1 atom stereocenters. The van der Waals surface area contributed by atoms with E-state index in [1.807, 2.05) is 0 Å². The first kappa shape index (κ1) is 19.0. The van der Waals surface area contributed by atoms with E-state index in [0.29, 0.717) is 12.3 Å². The zero-order valence-electron chi connectivity index (χ0n) is 15.1. The molecule has 1 aromatic heterocycles. The van der Waals surface area contributed by atoms with E-state index in [1.54, 1.807) is 25.4 Å². The van der Waals surface area contributed by atoms with Crippen LogP contribution in [-0.4, -0.2) is 44.9 Å². The number of nitrogens with zero attached hydrogens (tertiary/aromatic N) is 2. The number of benzene rings is 1. The van der Waals surface area contributed by atoms with Crippen LogP contribution in [0.25, 0.3) is 0 Å². The number of anilines is 1. The fraction of sp³-hybridized carbons (Fsp3) is 0.368. The van der Waals surface area contributed by atoms with Crippen molar-refractivity contribution >= 4 is 11.6 Å². The van der Waals surface area contributed by atoms with E-state index in [0.717, 1.165) is 12.1 Å². The SMILES string of the molecule is COCCOc1ncccc1N1CC(c2c(F)cc(OC)cc2F)CC1=O. The summed E-state index contributed by atoms with van der Waals surface area (Å²) >= 11 is 0. The number of amides is 1. The lowest BCUT2D eigenvalue weighted by Crippen LogP contribution is -2.25. The molecule has 1 aliphatic rings. The standard InChI is InChI=1S/C19H20F2N2O4/c1-25-6-7-27-19-16(4-3-5-22-19)23-11-12(8-17(23)24)18-14(20)9-13(26-2)10-15(18)21/h3-5,9-10,12H,6-8,11H2,1-2H3. The Labute approximate surface area is 155 Å². The number of hydrogen-bond donors (Lipinski definition) is 0. The fourth-order valence-corrected chi connectivity index (χ4v) is 3.12. The third kappa shape index (κ3) is 4.00. The van der Waals surface area contributed by atoms with Crippen molar-refractivity contribution in [2.24, 2.45) is 0 Å². The van der Waals surface area contributed by atoms with Crippen molar-refractivity contribution in [3.63, 3.8) is 0 Å². The largest absolute Gasteiger partial charge is 0.497 e. The molecule has 0 radical (unpaired) electrons. The van der Waals surface area contributed by atoms with Gasteiger partial charge in [0.1, 0.15) is 29.7 Å². The number of methoxy groups -OCH3 is 2. The Morgan fingerprint density at radius 1 is 1.22 bits per heavy atom.